The Hall–Kier alpha value is -1.59. The molecule has 0 aromatic heterocycles. The minimum Gasteiger partial charge on any atom is -0.462 e. The van der Waals surface area contributed by atoms with Crippen LogP contribution in [0.15, 0.2) is 0 Å². The van der Waals surface area contributed by atoms with Crippen molar-refractivity contribution in [1.29, 1.82) is 0 Å². The van der Waals surface area contributed by atoms with Gasteiger partial charge in [0.05, 0.1) is 0 Å². The summed E-state index contributed by atoms with van der Waals surface area (Å²) in [6.07, 6.45) is 42.3. The average molecular weight is 821 g/mol. The SMILES string of the molecule is CCC(C)CCCCCCCCCCCCC(=O)OC[C@@H](COC(=O)CCCCCCCCC(C)CC)OC(=O)CCCCCCCCCCCCCCCC(C)C. The van der Waals surface area contributed by atoms with Gasteiger partial charge in [-0.2, -0.15) is 0 Å². The van der Waals surface area contributed by atoms with E-state index >= 15 is 0 Å². The number of ether oxygens (including phenoxy) is 3. The van der Waals surface area contributed by atoms with Crippen molar-refractivity contribution >= 4 is 17.9 Å². The zero-order valence-electron chi connectivity index (χ0n) is 39.8. The van der Waals surface area contributed by atoms with Gasteiger partial charge < -0.3 is 14.2 Å². The van der Waals surface area contributed by atoms with Crippen LogP contribution in [0.25, 0.3) is 0 Å². The van der Waals surface area contributed by atoms with Gasteiger partial charge in [-0.25, -0.2) is 0 Å². The van der Waals surface area contributed by atoms with Crippen LogP contribution in [-0.2, 0) is 28.6 Å². The van der Waals surface area contributed by atoms with Crippen LogP contribution in [0, 0.1) is 17.8 Å². The first kappa shape index (κ1) is 56.4. The highest BCUT2D eigenvalue weighted by atomic mass is 16.6. The van der Waals surface area contributed by atoms with E-state index in [1.54, 1.807) is 0 Å². The lowest BCUT2D eigenvalue weighted by Gasteiger charge is -2.18. The van der Waals surface area contributed by atoms with Gasteiger partial charge in [-0.3, -0.25) is 14.4 Å². The molecule has 0 saturated heterocycles. The van der Waals surface area contributed by atoms with E-state index in [4.69, 9.17) is 14.2 Å². The number of carbonyl (C=O) groups is 3. The second-order valence-corrected chi connectivity index (χ2v) is 18.8. The molecular weight excluding hydrogens is 721 g/mol. The summed E-state index contributed by atoms with van der Waals surface area (Å²) in [7, 11) is 0. The fourth-order valence-electron chi connectivity index (χ4n) is 7.70. The quantitative estimate of drug-likeness (QED) is 0.0346. The van der Waals surface area contributed by atoms with Gasteiger partial charge in [-0.1, -0.05) is 241 Å². The van der Waals surface area contributed by atoms with E-state index < -0.39 is 6.10 Å². The van der Waals surface area contributed by atoms with E-state index in [2.05, 4.69) is 41.5 Å². The Labute approximate surface area is 361 Å². The van der Waals surface area contributed by atoms with Gasteiger partial charge in [0.15, 0.2) is 6.10 Å². The van der Waals surface area contributed by atoms with Crippen LogP contribution >= 0.6 is 0 Å². The molecular formula is C52H100O6. The first-order valence-corrected chi connectivity index (χ1v) is 25.7. The Bertz CT molecular complexity index is 902. The molecule has 2 unspecified atom stereocenters. The predicted octanol–water partition coefficient (Wildman–Crippen LogP) is 16.4. The number of unbranched alkanes of at least 4 members (excludes halogenated alkanes) is 26. The van der Waals surface area contributed by atoms with E-state index in [1.165, 1.54) is 161 Å². The fraction of sp³-hybridized carbons (Fsp3) is 0.942. The zero-order valence-corrected chi connectivity index (χ0v) is 39.8. The molecule has 0 aliphatic rings. The molecule has 6 heteroatoms. The van der Waals surface area contributed by atoms with Crippen LogP contribution in [0.1, 0.15) is 279 Å². The Morgan fingerprint density at radius 2 is 0.603 bits per heavy atom. The summed E-state index contributed by atoms with van der Waals surface area (Å²) in [6, 6.07) is 0. The summed E-state index contributed by atoms with van der Waals surface area (Å²) in [5, 5.41) is 0. The summed E-state index contributed by atoms with van der Waals surface area (Å²) in [5.74, 6) is 1.67. The van der Waals surface area contributed by atoms with Crippen LogP contribution in [0.3, 0.4) is 0 Å². The zero-order chi connectivity index (χ0) is 42.7. The lowest BCUT2D eigenvalue weighted by atomic mass is 9.99. The van der Waals surface area contributed by atoms with Gasteiger partial charge >= 0.3 is 17.9 Å². The third kappa shape index (κ3) is 42.5. The van der Waals surface area contributed by atoms with Gasteiger partial charge in [0.25, 0.3) is 0 Å². The normalized spacial score (nSPS) is 13.1. The second kappa shape index (κ2) is 43.5. The maximum absolute atomic E-state index is 12.8. The van der Waals surface area contributed by atoms with Gasteiger partial charge in [0.2, 0.25) is 0 Å². The van der Waals surface area contributed by atoms with E-state index in [9.17, 15) is 14.4 Å². The van der Waals surface area contributed by atoms with E-state index in [0.717, 1.165) is 75.5 Å². The number of hydrogen-bond acceptors (Lipinski definition) is 6. The first-order valence-electron chi connectivity index (χ1n) is 25.7. The van der Waals surface area contributed by atoms with Crippen molar-refractivity contribution in [3.8, 4) is 0 Å². The van der Waals surface area contributed by atoms with E-state index in [1.807, 2.05) is 0 Å². The predicted molar refractivity (Wildman–Crippen MR) is 247 cm³/mol. The largest absolute Gasteiger partial charge is 0.462 e. The molecule has 0 spiro atoms. The molecule has 344 valence electrons. The Morgan fingerprint density at radius 1 is 0.345 bits per heavy atom. The third-order valence-corrected chi connectivity index (χ3v) is 12.4. The standard InChI is InChI=1S/C52H100O6/c1-7-47(5)39-33-27-21-17-14-15-18-22-29-35-41-50(53)56-44-49(45-57-51(54)42-36-30-25-24-28-34-40-48(6)8-2)58-52(55)43-37-31-23-19-13-11-9-10-12-16-20-26-32-38-46(3)4/h46-49H,7-45H2,1-6H3/t47?,48?,49-/m0/s1. The Morgan fingerprint density at radius 3 is 0.897 bits per heavy atom. The molecule has 0 amide bonds. The molecule has 0 fully saturated rings. The fourth-order valence-corrected chi connectivity index (χ4v) is 7.70. The summed E-state index contributed by atoms with van der Waals surface area (Å²) in [4.78, 5) is 37.9. The van der Waals surface area contributed by atoms with Crippen molar-refractivity contribution in [1.82, 2.24) is 0 Å². The molecule has 0 aliphatic carbocycles. The molecule has 0 bridgehead atoms. The minimum absolute atomic E-state index is 0.0655. The summed E-state index contributed by atoms with van der Waals surface area (Å²) in [5.41, 5.74) is 0. The van der Waals surface area contributed by atoms with E-state index in [0.29, 0.717) is 19.3 Å². The minimum atomic E-state index is -0.763. The average Bonchev–Trinajstić information content (AvgIpc) is 3.21. The lowest BCUT2D eigenvalue weighted by molar-refractivity contribution is -0.167. The van der Waals surface area contributed by atoms with Gasteiger partial charge in [0, 0.05) is 19.3 Å². The maximum Gasteiger partial charge on any atom is 0.306 e. The smallest absolute Gasteiger partial charge is 0.306 e. The molecule has 0 N–H and O–H groups in total. The lowest BCUT2D eigenvalue weighted by Crippen LogP contribution is -2.30. The molecule has 58 heavy (non-hydrogen) atoms. The molecule has 0 heterocycles. The number of hydrogen-bond donors (Lipinski definition) is 0. The number of carbonyl (C=O) groups excluding carboxylic acids is 3. The van der Waals surface area contributed by atoms with Crippen LogP contribution in [0.4, 0.5) is 0 Å². The molecule has 6 nitrogen and oxygen atoms in total. The first-order chi connectivity index (χ1) is 28.2. The maximum atomic E-state index is 12.8. The molecule has 0 radical (unpaired) electrons. The molecule has 0 aliphatic heterocycles. The summed E-state index contributed by atoms with van der Waals surface area (Å²) < 4.78 is 16.8. The van der Waals surface area contributed by atoms with Crippen molar-refractivity contribution in [3.05, 3.63) is 0 Å². The second-order valence-electron chi connectivity index (χ2n) is 18.8. The third-order valence-electron chi connectivity index (χ3n) is 12.4. The molecule has 0 rings (SSSR count). The van der Waals surface area contributed by atoms with Crippen molar-refractivity contribution in [3.63, 3.8) is 0 Å². The monoisotopic (exact) mass is 821 g/mol. The highest BCUT2D eigenvalue weighted by molar-refractivity contribution is 5.71. The highest BCUT2D eigenvalue weighted by Gasteiger charge is 2.19. The van der Waals surface area contributed by atoms with Crippen molar-refractivity contribution < 1.29 is 28.6 Å². The van der Waals surface area contributed by atoms with Gasteiger partial charge in [-0.15, -0.1) is 0 Å². The molecule has 0 aromatic rings. The molecule has 0 saturated carbocycles. The number of rotatable bonds is 45. The van der Waals surface area contributed by atoms with Crippen molar-refractivity contribution in [2.75, 3.05) is 13.2 Å². The Balaban J connectivity index is 4.32. The molecule has 0 aromatic carbocycles. The van der Waals surface area contributed by atoms with Crippen molar-refractivity contribution in [2.24, 2.45) is 17.8 Å². The molecule has 3 atom stereocenters. The highest BCUT2D eigenvalue weighted by Crippen LogP contribution is 2.18. The van der Waals surface area contributed by atoms with Gasteiger partial charge in [-0.05, 0) is 37.0 Å². The summed E-state index contributed by atoms with van der Waals surface area (Å²) >= 11 is 0. The summed E-state index contributed by atoms with van der Waals surface area (Å²) in [6.45, 7) is 13.7. The Kier molecular flexibility index (Phi) is 42.3. The van der Waals surface area contributed by atoms with Gasteiger partial charge in [0.1, 0.15) is 13.2 Å². The topological polar surface area (TPSA) is 78.9 Å². The van der Waals surface area contributed by atoms with Crippen molar-refractivity contribution in [2.45, 2.75) is 285 Å². The van der Waals surface area contributed by atoms with Crippen LogP contribution in [0.5, 0.6) is 0 Å². The van der Waals surface area contributed by atoms with E-state index in [-0.39, 0.29) is 31.1 Å². The van der Waals surface area contributed by atoms with Crippen LogP contribution < -0.4 is 0 Å². The van der Waals surface area contributed by atoms with Crippen LogP contribution in [0.2, 0.25) is 0 Å². The number of esters is 3. The van der Waals surface area contributed by atoms with Crippen LogP contribution in [-0.4, -0.2) is 37.2 Å².